The number of hydrogen-bond acceptors (Lipinski definition) is 7. The molecule has 0 aliphatic heterocycles. The van der Waals surface area contributed by atoms with Crippen LogP contribution in [0.4, 0.5) is 0 Å². The van der Waals surface area contributed by atoms with Gasteiger partial charge in [0.2, 0.25) is 0 Å². The van der Waals surface area contributed by atoms with Gasteiger partial charge in [0.25, 0.3) is 0 Å². The maximum absolute atomic E-state index is 5.46. The van der Waals surface area contributed by atoms with Crippen LogP contribution >= 0.6 is 23.1 Å². The fourth-order valence-corrected chi connectivity index (χ4v) is 6.25. The zero-order valence-corrected chi connectivity index (χ0v) is 18.0. The van der Waals surface area contributed by atoms with Crippen LogP contribution in [-0.4, -0.2) is 24.7 Å². The van der Waals surface area contributed by atoms with Crippen molar-refractivity contribution in [2.75, 3.05) is 0 Å². The number of fused-ring (bicyclic) bond motifs is 3. The Labute approximate surface area is 177 Å². The fourth-order valence-electron chi connectivity index (χ4n) is 3.88. The van der Waals surface area contributed by atoms with Gasteiger partial charge in [-0.15, -0.1) is 28.1 Å². The third kappa shape index (κ3) is 3.20. The molecule has 4 heterocycles. The topological polar surface area (TPSA) is 69.6 Å². The van der Waals surface area contributed by atoms with Gasteiger partial charge in [0, 0.05) is 16.8 Å². The van der Waals surface area contributed by atoms with Crippen molar-refractivity contribution in [2.24, 2.45) is 5.92 Å². The van der Waals surface area contributed by atoms with Crippen LogP contribution in [0.5, 0.6) is 0 Å². The number of furan rings is 1. The Bertz CT molecular complexity index is 1210. The molecule has 0 amide bonds. The summed E-state index contributed by atoms with van der Waals surface area (Å²) in [5, 5.41) is 11.9. The van der Waals surface area contributed by atoms with Gasteiger partial charge in [-0.25, -0.2) is 9.97 Å². The summed E-state index contributed by atoms with van der Waals surface area (Å²) in [5.41, 5.74) is 2.37. The first-order chi connectivity index (χ1) is 14.2. The highest BCUT2D eigenvalue weighted by atomic mass is 32.2. The van der Waals surface area contributed by atoms with Gasteiger partial charge in [-0.3, -0.25) is 4.57 Å². The maximum Gasteiger partial charge on any atom is 0.198 e. The van der Waals surface area contributed by atoms with E-state index in [0.29, 0.717) is 6.54 Å². The molecular weight excluding hydrogens is 402 g/mol. The Morgan fingerprint density at radius 3 is 3.07 bits per heavy atom. The van der Waals surface area contributed by atoms with Crippen molar-refractivity contribution >= 4 is 33.3 Å². The summed E-state index contributed by atoms with van der Waals surface area (Å²) in [6.45, 7) is 8.77. The van der Waals surface area contributed by atoms with E-state index in [9.17, 15) is 0 Å². The van der Waals surface area contributed by atoms with Crippen LogP contribution < -0.4 is 0 Å². The van der Waals surface area contributed by atoms with Crippen LogP contribution in [0.15, 0.2) is 45.9 Å². The average Bonchev–Trinajstić information content (AvgIpc) is 3.39. The predicted molar refractivity (Wildman–Crippen MR) is 115 cm³/mol. The minimum Gasteiger partial charge on any atom is -0.469 e. The molecule has 0 bridgehead atoms. The first-order valence-electron chi connectivity index (χ1n) is 9.67. The van der Waals surface area contributed by atoms with Gasteiger partial charge in [-0.05, 0) is 55.5 Å². The first kappa shape index (κ1) is 18.6. The standard InChI is InChI=1S/C21H21N5OS2/c1-4-8-26-18(14-7-9-27-13(14)3)24-25-21(26)29-20-17-15-6-5-12(2)10-16(15)28-19(17)22-11-23-20/h4,7,9,11-12H,1,5-6,8,10H2,2-3H3/t12-/m0/s1. The molecule has 6 nitrogen and oxygen atoms in total. The Balaban J connectivity index is 1.59. The molecule has 0 fully saturated rings. The smallest absolute Gasteiger partial charge is 0.198 e. The number of nitrogens with zero attached hydrogens (tertiary/aromatic N) is 5. The molecule has 0 spiro atoms. The van der Waals surface area contributed by atoms with Crippen LogP contribution in [-0.2, 0) is 19.4 Å². The van der Waals surface area contributed by atoms with E-state index in [1.165, 1.54) is 22.2 Å². The molecule has 0 saturated carbocycles. The first-order valence-corrected chi connectivity index (χ1v) is 11.3. The third-order valence-corrected chi connectivity index (χ3v) is 7.52. The van der Waals surface area contributed by atoms with E-state index in [0.717, 1.165) is 50.9 Å². The molecule has 0 aromatic carbocycles. The minimum absolute atomic E-state index is 0.614. The lowest BCUT2D eigenvalue weighted by Gasteiger charge is -2.18. The second-order valence-corrected chi connectivity index (χ2v) is 9.45. The van der Waals surface area contributed by atoms with Crippen molar-refractivity contribution in [2.45, 2.75) is 49.8 Å². The molecule has 0 saturated heterocycles. The molecule has 29 heavy (non-hydrogen) atoms. The van der Waals surface area contributed by atoms with Crippen molar-refractivity contribution < 1.29 is 4.42 Å². The van der Waals surface area contributed by atoms with Gasteiger partial charge in [0.1, 0.15) is 21.9 Å². The summed E-state index contributed by atoms with van der Waals surface area (Å²) in [6, 6.07) is 1.92. The SMILES string of the molecule is C=CCn1c(Sc2ncnc3sc4c(c23)CC[C@H](C)C4)nnc1-c1ccoc1C. The number of rotatable bonds is 5. The van der Waals surface area contributed by atoms with Crippen LogP contribution in [0.25, 0.3) is 21.6 Å². The molecule has 0 radical (unpaired) electrons. The molecule has 1 atom stereocenters. The van der Waals surface area contributed by atoms with Gasteiger partial charge in [-0.1, -0.05) is 13.0 Å². The zero-order chi connectivity index (χ0) is 20.0. The largest absolute Gasteiger partial charge is 0.469 e. The van der Waals surface area contributed by atoms with Gasteiger partial charge < -0.3 is 4.42 Å². The molecule has 148 valence electrons. The Morgan fingerprint density at radius 1 is 1.38 bits per heavy atom. The summed E-state index contributed by atoms with van der Waals surface area (Å²) in [5.74, 6) is 2.34. The molecule has 0 N–H and O–H groups in total. The summed E-state index contributed by atoms with van der Waals surface area (Å²) in [7, 11) is 0. The Hall–Kier alpha value is -2.45. The monoisotopic (exact) mass is 423 g/mol. The quantitative estimate of drug-likeness (QED) is 0.320. The molecule has 1 aliphatic carbocycles. The highest BCUT2D eigenvalue weighted by Crippen LogP contribution is 2.42. The maximum atomic E-state index is 5.46. The highest BCUT2D eigenvalue weighted by Gasteiger charge is 2.25. The van der Waals surface area contributed by atoms with E-state index < -0.39 is 0 Å². The van der Waals surface area contributed by atoms with E-state index in [2.05, 4.69) is 38.2 Å². The van der Waals surface area contributed by atoms with Gasteiger partial charge >= 0.3 is 0 Å². The molecule has 4 aromatic heterocycles. The second kappa shape index (κ2) is 7.42. The predicted octanol–water partition coefficient (Wildman–Crippen LogP) is 5.31. The van der Waals surface area contributed by atoms with E-state index in [1.807, 2.05) is 30.4 Å². The van der Waals surface area contributed by atoms with Crippen molar-refractivity contribution in [1.82, 2.24) is 24.7 Å². The Kier molecular flexibility index (Phi) is 4.75. The van der Waals surface area contributed by atoms with Gasteiger partial charge in [0.05, 0.1) is 11.8 Å². The van der Waals surface area contributed by atoms with Crippen LogP contribution in [0.3, 0.4) is 0 Å². The molecular formula is C21H21N5OS2. The minimum atomic E-state index is 0.614. The highest BCUT2D eigenvalue weighted by molar-refractivity contribution is 7.99. The van der Waals surface area contributed by atoms with Gasteiger partial charge in [0.15, 0.2) is 11.0 Å². The van der Waals surface area contributed by atoms with Crippen molar-refractivity contribution in [1.29, 1.82) is 0 Å². The second-order valence-electron chi connectivity index (χ2n) is 7.41. The molecule has 1 aliphatic rings. The van der Waals surface area contributed by atoms with Crippen LogP contribution in [0.2, 0.25) is 0 Å². The average molecular weight is 424 g/mol. The number of aryl methyl sites for hydroxylation is 2. The lowest BCUT2D eigenvalue weighted by molar-refractivity contribution is 0.509. The number of hydrogen-bond donors (Lipinski definition) is 0. The summed E-state index contributed by atoms with van der Waals surface area (Å²) >= 11 is 3.36. The van der Waals surface area contributed by atoms with Crippen molar-refractivity contribution in [3.8, 4) is 11.4 Å². The lowest BCUT2D eigenvalue weighted by atomic mass is 9.89. The molecule has 8 heteroatoms. The number of thiophene rings is 1. The van der Waals surface area contributed by atoms with E-state index in [4.69, 9.17) is 4.42 Å². The zero-order valence-electron chi connectivity index (χ0n) is 16.4. The van der Waals surface area contributed by atoms with Crippen molar-refractivity contribution in [3.63, 3.8) is 0 Å². The normalized spacial score (nSPS) is 16.3. The lowest BCUT2D eigenvalue weighted by Crippen LogP contribution is -2.08. The van der Waals surface area contributed by atoms with Crippen LogP contribution in [0.1, 0.15) is 29.5 Å². The third-order valence-electron chi connectivity index (χ3n) is 5.37. The number of aromatic nitrogens is 5. The van der Waals surface area contributed by atoms with E-state index >= 15 is 0 Å². The fraction of sp³-hybridized carbons (Fsp3) is 0.333. The van der Waals surface area contributed by atoms with E-state index in [-0.39, 0.29) is 0 Å². The Morgan fingerprint density at radius 2 is 2.28 bits per heavy atom. The van der Waals surface area contributed by atoms with Crippen LogP contribution in [0, 0.1) is 12.8 Å². The molecule has 5 rings (SSSR count). The summed E-state index contributed by atoms with van der Waals surface area (Å²) in [4.78, 5) is 11.7. The molecule has 0 unspecified atom stereocenters. The van der Waals surface area contributed by atoms with E-state index in [1.54, 1.807) is 24.4 Å². The van der Waals surface area contributed by atoms with Gasteiger partial charge in [-0.2, -0.15) is 0 Å². The molecule has 4 aromatic rings. The summed E-state index contributed by atoms with van der Waals surface area (Å²) < 4.78 is 7.52. The summed E-state index contributed by atoms with van der Waals surface area (Å²) in [6.07, 6.45) is 8.64. The number of allylic oxidation sites excluding steroid dienone is 1. The van der Waals surface area contributed by atoms with Crippen molar-refractivity contribution in [3.05, 3.63) is 47.5 Å².